The highest BCUT2D eigenvalue weighted by molar-refractivity contribution is 5.93. The van der Waals surface area contributed by atoms with Gasteiger partial charge in [0, 0.05) is 44.9 Å². The summed E-state index contributed by atoms with van der Waals surface area (Å²) in [6.45, 7) is 6.82. The molecular weight excluding hydrogens is 404 g/mol. The molecule has 0 aliphatic carbocycles. The fourth-order valence-corrected chi connectivity index (χ4v) is 4.77. The Labute approximate surface area is 189 Å². The van der Waals surface area contributed by atoms with Gasteiger partial charge in [-0.15, -0.1) is 0 Å². The number of unbranched alkanes of at least 4 members (excludes halogenated alkanes) is 1. The van der Waals surface area contributed by atoms with Crippen molar-refractivity contribution in [3.8, 4) is 11.6 Å². The van der Waals surface area contributed by atoms with E-state index in [0.717, 1.165) is 88.4 Å². The summed E-state index contributed by atoms with van der Waals surface area (Å²) in [7, 11) is 0. The van der Waals surface area contributed by atoms with E-state index >= 15 is 0 Å². The van der Waals surface area contributed by atoms with Crippen molar-refractivity contribution in [2.75, 3.05) is 56.2 Å². The maximum atomic E-state index is 11.6. The Morgan fingerprint density at radius 2 is 1.97 bits per heavy atom. The van der Waals surface area contributed by atoms with Crippen LogP contribution in [0.25, 0.3) is 0 Å². The van der Waals surface area contributed by atoms with E-state index in [2.05, 4.69) is 38.3 Å². The van der Waals surface area contributed by atoms with E-state index in [1.54, 1.807) is 0 Å². The van der Waals surface area contributed by atoms with Gasteiger partial charge < -0.3 is 19.7 Å². The number of pyridine rings is 1. The average molecular weight is 437 g/mol. The third-order valence-corrected chi connectivity index (χ3v) is 6.60. The lowest BCUT2D eigenvalue weighted by Crippen LogP contribution is -2.46. The van der Waals surface area contributed by atoms with Crippen LogP contribution >= 0.6 is 0 Å². The summed E-state index contributed by atoms with van der Waals surface area (Å²) in [6.07, 6.45) is 7.44. The van der Waals surface area contributed by atoms with Crippen LogP contribution in [0, 0.1) is 0 Å². The molecule has 0 spiro atoms. The van der Waals surface area contributed by atoms with Crippen LogP contribution < -0.4 is 19.7 Å². The number of aromatic nitrogens is 1. The normalized spacial score (nSPS) is 18.4. The molecule has 1 N–H and O–H groups in total. The highest BCUT2D eigenvalue weighted by Crippen LogP contribution is 2.36. The van der Waals surface area contributed by atoms with E-state index in [-0.39, 0.29) is 5.91 Å². The quantitative estimate of drug-likeness (QED) is 0.672. The zero-order chi connectivity index (χ0) is 21.8. The monoisotopic (exact) mass is 436 g/mol. The van der Waals surface area contributed by atoms with Crippen molar-refractivity contribution in [2.45, 2.75) is 38.5 Å². The van der Waals surface area contributed by atoms with Crippen molar-refractivity contribution in [2.24, 2.45) is 0 Å². The molecule has 7 heteroatoms. The lowest BCUT2D eigenvalue weighted by Gasteiger charge is -2.37. The molecule has 1 saturated heterocycles. The third kappa shape index (κ3) is 4.83. The van der Waals surface area contributed by atoms with Gasteiger partial charge >= 0.3 is 0 Å². The molecule has 7 nitrogen and oxygen atoms in total. The predicted molar refractivity (Wildman–Crippen MR) is 125 cm³/mol. The molecule has 0 bridgehead atoms. The first kappa shape index (κ1) is 21.1. The number of aryl methyl sites for hydroxylation is 2. The zero-order valence-electron chi connectivity index (χ0n) is 18.6. The third-order valence-electron chi connectivity index (χ3n) is 6.60. The Morgan fingerprint density at radius 3 is 2.88 bits per heavy atom. The van der Waals surface area contributed by atoms with Crippen molar-refractivity contribution in [3.05, 3.63) is 41.6 Å². The molecule has 170 valence electrons. The Kier molecular flexibility index (Phi) is 6.44. The van der Waals surface area contributed by atoms with Gasteiger partial charge in [-0.05, 0) is 55.8 Å². The number of benzene rings is 1. The van der Waals surface area contributed by atoms with Crippen molar-refractivity contribution >= 4 is 17.3 Å². The van der Waals surface area contributed by atoms with Crippen LogP contribution in [-0.2, 0) is 17.6 Å². The summed E-state index contributed by atoms with van der Waals surface area (Å²) in [5.74, 6) is 1.77. The van der Waals surface area contributed by atoms with Gasteiger partial charge in [-0.2, -0.15) is 0 Å². The molecular formula is C25H32N4O3. The lowest BCUT2D eigenvalue weighted by molar-refractivity contribution is -0.116. The van der Waals surface area contributed by atoms with E-state index < -0.39 is 0 Å². The van der Waals surface area contributed by atoms with Crippen molar-refractivity contribution < 1.29 is 14.3 Å². The van der Waals surface area contributed by atoms with Crippen LogP contribution in [0.4, 0.5) is 11.4 Å². The van der Waals surface area contributed by atoms with E-state index in [4.69, 9.17) is 9.47 Å². The first-order valence-electron chi connectivity index (χ1n) is 11.9. The molecule has 4 heterocycles. The Morgan fingerprint density at radius 1 is 1.06 bits per heavy atom. The number of carbonyl (C=O) groups excluding carboxylic acids is 1. The van der Waals surface area contributed by atoms with Gasteiger partial charge in [0.25, 0.3) is 0 Å². The van der Waals surface area contributed by atoms with Crippen molar-refractivity contribution in [1.29, 1.82) is 0 Å². The van der Waals surface area contributed by atoms with Crippen LogP contribution in [-0.4, -0.2) is 61.7 Å². The highest BCUT2D eigenvalue weighted by Gasteiger charge is 2.22. The molecule has 0 radical (unpaired) electrons. The molecule has 0 saturated carbocycles. The zero-order valence-corrected chi connectivity index (χ0v) is 18.6. The van der Waals surface area contributed by atoms with Gasteiger partial charge in [0.05, 0.1) is 24.6 Å². The maximum Gasteiger partial charge on any atom is 0.224 e. The van der Waals surface area contributed by atoms with Crippen molar-refractivity contribution in [1.82, 2.24) is 9.88 Å². The van der Waals surface area contributed by atoms with Gasteiger partial charge in [-0.25, -0.2) is 4.98 Å². The minimum atomic E-state index is 0.0643. The van der Waals surface area contributed by atoms with E-state index in [1.807, 2.05) is 12.3 Å². The molecule has 5 rings (SSSR count). The fourth-order valence-electron chi connectivity index (χ4n) is 4.77. The summed E-state index contributed by atoms with van der Waals surface area (Å²) >= 11 is 0. The number of amides is 1. The summed E-state index contributed by atoms with van der Waals surface area (Å²) in [6, 6.07) is 8.42. The minimum absolute atomic E-state index is 0.0643. The number of ether oxygens (including phenoxy) is 2. The molecule has 32 heavy (non-hydrogen) atoms. The Hall–Kier alpha value is -2.80. The number of carbonyl (C=O) groups is 1. The van der Waals surface area contributed by atoms with Gasteiger partial charge in [-0.3, -0.25) is 9.69 Å². The second kappa shape index (κ2) is 9.77. The first-order chi connectivity index (χ1) is 15.8. The lowest BCUT2D eigenvalue weighted by atomic mass is 10.0. The smallest absolute Gasteiger partial charge is 0.224 e. The molecule has 0 unspecified atom stereocenters. The first-order valence-corrected chi connectivity index (χ1v) is 11.9. The number of rotatable bonds is 7. The number of nitrogens with zero attached hydrogens (tertiary/aromatic N) is 3. The molecule has 2 aromatic rings. The second-order valence-electron chi connectivity index (χ2n) is 8.83. The summed E-state index contributed by atoms with van der Waals surface area (Å²) in [4.78, 5) is 21.0. The summed E-state index contributed by atoms with van der Waals surface area (Å²) in [5, 5.41) is 2.90. The molecule has 3 aliphatic rings. The highest BCUT2D eigenvalue weighted by atomic mass is 16.5. The summed E-state index contributed by atoms with van der Waals surface area (Å²) < 4.78 is 11.8. The van der Waals surface area contributed by atoms with E-state index in [1.165, 1.54) is 11.3 Å². The van der Waals surface area contributed by atoms with Gasteiger partial charge in [0.15, 0.2) is 0 Å². The van der Waals surface area contributed by atoms with E-state index in [0.29, 0.717) is 18.9 Å². The number of hydrogen-bond acceptors (Lipinski definition) is 6. The number of piperazine rings is 1. The topological polar surface area (TPSA) is 66.9 Å². The number of anilines is 2. The fraction of sp³-hybridized carbons (Fsp3) is 0.520. The Balaban J connectivity index is 1.03. The number of fused-ring (bicyclic) bond motifs is 2. The van der Waals surface area contributed by atoms with Crippen LogP contribution in [0.2, 0.25) is 0 Å². The van der Waals surface area contributed by atoms with Crippen molar-refractivity contribution in [3.63, 3.8) is 0 Å². The molecule has 1 fully saturated rings. The summed E-state index contributed by atoms with van der Waals surface area (Å²) in [5.41, 5.74) is 4.55. The second-order valence-corrected chi connectivity index (χ2v) is 8.83. The van der Waals surface area contributed by atoms with Crippen LogP contribution in [0.5, 0.6) is 11.6 Å². The van der Waals surface area contributed by atoms with Gasteiger partial charge in [0.1, 0.15) is 5.75 Å². The number of hydrogen-bond donors (Lipinski definition) is 1. The van der Waals surface area contributed by atoms with Crippen LogP contribution in [0.15, 0.2) is 30.5 Å². The largest absolute Gasteiger partial charge is 0.491 e. The minimum Gasteiger partial charge on any atom is -0.491 e. The number of nitrogens with one attached hydrogen (secondary N) is 1. The van der Waals surface area contributed by atoms with Gasteiger partial charge in [-0.1, -0.05) is 12.1 Å². The van der Waals surface area contributed by atoms with E-state index in [9.17, 15) is 4.79 Å². The average Bonchev–Trinajstić information content (AvgIpc) is 2.83. The Bertz CT molecular complexity index is 956. The molecule has 1 aromatic heterocycles. The van der Waals surface area contributed by atoms with Crippen LogP contribution in [0.1, 0.15) is 36.8 Å². The standard InChI is InChI=1S/C25H32N4O3/c30-23-9-8-20-18-26-24(17-21(20)27-23)31-15-2-1-10-28-11-13-29(14-12-28)22-7-3-5-19-6-4-16-32-25(19)22/h3,5,7,17-18H,1-2,4,6,8-16H2,(H,27,30). The number of para-hydroxylation sites is 1. The van der Waals surface area contributed by atoms with Crippen LogP contribution in [0.3, 0.4) is 0 Å². The molecule has 1 aromatic carbocycles. The predicted octanol–water partition coefficient (Wildman–Crippen LogP) is 3.27. The SMILES string of the molecule is O=C1CCc2cnc(OCCCCN3CCN(c4cccc5c4OCCC5)CC3)cc2N1. The molecule has 3 aliphatic heterocycles. The maximum absolute atomic E-state index is 11.6. The molecule has 0 atom stereocenters. The van der Waals surface area contributed by atoms with Gasteiger partial charge in [0.2, 0.25) is 11.8 Å². The molecule has 1 amide bonds.